The zero-order valence-electron chi connectivity index (χ0n) is 5.66. The first-order valence-electron chi connectivity index (χ1n) is 2.43. The van der Waals surface area contributed by atoms with Crippen LogP contribution in [0.15, 0.2) is 0 Å². The van der Waals surface area contributed by atoms with Crippen LogP contribution in [0.4, 0.5) is 13.2 Å². The van der Waals surface area contributed by atoms with Crippen molar-refractivity contribution in [2.45, 2.75) is 19.5 Å². The van der Waals surface area contributed by atoms with Gasteiger partial charge in [0.05, 0.1) is 6.42 Å². The van der Waals surface area contributed by atoms with Gasteiger partial charge in [-0.05, 0) is 6.92 Å². The van der Waals surface area contributed by atoms with Crippen molar-refractivity contribution in [2.75, 3.05) is 0 Å². The summed E-state index contributed by atoms with van der Waals surface area (Å²) in [6, 6.07) is 0. The largest absolute Gasteiger partial charge is 4.00 e. The molecule has 2 nitrogen and oxygen atoms in total. The molecule has 58 valence electrons. The minimum absolute atomic E-state index is 0. The first kappa shape index (κ1) is 13.6. The molecule has 0 unspecified atom stereocenters. The molecule has 0 aliphatic heterocycles. The maximum Gasteiger partial charge on any atom is 4.00 e. The zero-order valence-corrected chi connectivity index (χ0v) is 8.12. The molecule has 0 aliphatic carbocycles. The van der Waals surface area contributed by atoms with Crippen LogP contribution >= 0.6 is 0 Å². The van der Waals surface area contributed by atoms with Crippen molar-refractivity contribution in [3.8, 4) is 0 Å². The molecule has 0 N–H and O–H groups in total. The fourth-order valence-corrected chi connectivity index (χ4v) is 0.326. The average molecular weight is 245 g/mol. The van der Waals surface area contributed by atoms with E-state index in [-0.39, 0.29) is 26.2 Å². The molecule has 0 aromatic rings. The second-order valence-corrected chi connectivity index (χ2v) is 1.80. The summed E-state index contributed by atoms with van der Waals surface area (Å²) in [5, 5.41) is 0. The summed E-state index contributed by atoms with van der Waals surface area (Å²) in [6.45, 7) is 0.934. The molecule has 6 heteroatoms. The third-order valence-electron chi connectivity index (χ3n) is 0.726. The molecule has 0 saturated carbocycles. The number of rotatable bonds is 2. The van der Waals surface area contributed by atoms with E-state index in [2.05, 4.69) is 0 Å². The number of Topliss-reactive ketones (excluding diaryl/α,β-unsaturated/α-hetero) is 2. The van der Waals surface area contributed by atoms with Crippen molar-refractivity contribution in [3.63, 3.8) is 0 Å². The van der Waals surface area contributed by atoms with Gasteiger partial charge in [0, 0.05) is 0 Å². The minimum Gasteiger partial charge on any atom is -0.300 e. The van der Waals surface area contributed by atoms with Gasteiger partial charge in [0.2, 0.25) is 5.78 Å². The Morgan fingerprint density at radius 2 is 1.64 bits per heavy atom. The van der Waals surface area contributed by atoms with Crippen molar-refractivity contribution in [3.05, 3.63) is 0 Å². The van der Waals surface area contributed by atoms with E-state index >= 15 is 0 Å². The van der Waals surface area contributed by atoms with E-state index in [1.165, 1.54) is 0 Å². The van der Waals surface area contributed by atoms with Gasteiger partial charge < -0.3 is 0 Å². The topological polar surface area (TPSA) is 34.1 Å². The second kappa shape index (κ2) is 4.80. The van der Waals surface area contributed by atoms with Crippen LogP contribution in [0.1, 0.15) is 13.3 Å². The number of alkyl halides is 3. The maximum absolute atomic E-state index is 11.3. The Bertz CT molecular complexity index is 164. The Morgan fingerprint density at radius 3 is 1.73 bits per heavy atom. The molecule has 0 radical (unpaired) electrons. The molecule has 0 heterocycles. The van der Waals surface area contributed by atoms with E-state index in [9.17, 15) is 22.8 Å². The smallest absolute Gasteiger partial charge is 0.300 e. The summed E-state index contributed by atoms with van der Waals surface area (Å²) in [6.07, 6.45) is -5.92. The van der Waals surface area contributed by atoms with E-state index in [1.54, 1.807) is 0 Å². The molecular weight excluding hydrogens is 240 g/mol. The van der Waals surface area contributed by atoms with Crippen LogP contribution in [-0.2, 0) is 35.8 Å². The molecule has 0 rings (SSSR count). The average Bonchev–Trinajstić information content (AvgIpc) is 1.60. The van der Waals surface area contributed by atoms with Crippen LogP contribution in [0.3, 0.4) is 0 Å². The maximum atomic E-state index is 11.3. The summed E-state index contributed by atoms with van der Waals surface area (Å²) in [7, 11) is 0. The first-order chi connectivity index (χ1) is 4.34. The number of hydrogen-bond donors (Lipinski definition) is 0. The standard InChI is InChI=1S/C5H5F3O2.Zr/c1-3(9)2-4(10)5(6,7)8;/h2H2,1H3;/q;+4. The number of ketones is 2. The van der Waals surface area contributed by atoms with Gasteiger partial charge >= 0.3 is 32.4 Å². The van der Waals surface area contributed by atoms with Crippen molar-refractivity contribution >= 4 is 11.6 Å². The molecule has 0 aromatic carbocycles. The second-order valence-electron chi connectivity index (χ2n) is 1.80. The monoisotopic (exact) mass is 244 g/mol. The molecule has 0 spiro atoms. The van der Waals surface area contributed by atoms with Gasteiger partial charge in [0.25, 0.3) is 0 Å². The zero-order chi connectivity index (χ0) is 8.36. The van der Waals surface area contributed by atoms with Crippen LogP contribution in [0.5, 0.6) is 0 Å². The SMILES string of the molecule is CC(=O)CC(=O)C(F)(F)F.[Zr+4]. The van der Waals surface area contributed by atoms with Crippen molar-refractivity contribution in [1.29, 1.82) is 0 Å². The van der Waals surface area contributed by atoms with Crippen LogP contribution in [0.25, 0.3) is 0 Å². The first-order valence-corrected chi connectivity index (χ1v) is 2.43. The summed E-state index contributed by atoms with van der Waals surface area (Å²) in [5.74, 6) is -2.76. The Kier molecular flexibility index (Phi) is 5.94. The number of hydrogen-bond acceptors (Lipinski definition) is 2. The van der Waals surface area contributed by atoms with E-state index in [1.807, 2.05) is 0 Å². The third-order valence-corrected chi connectivity index (χ3v) is 0.726. The van der Waals surface area contributed by atoms with Crippen LogP contribution < -0.4 is 0 Å². The molecule has 0 aliphatic rings. The van der Waals surface area contributed by atoms with Crippen molar-refractivity contribution < 1.29 is 49.0 Å². The Hall–Kier alpha value is 0.0131. The predicted molar refractivity (Wildman–Crippen MR) is 26.4 cm³/mol. The summed E-state index contributed by atoms with van der Waals surface area (Å²) in [5.41, 5.74) is 0. The molecule has 0 saturated heterocycles. The van der Waals surface area contributed by atoms with E-state index in [4.69, 9.17) is 0 Å². The summed E-state index contributed by atoms with van der Waals surface area (Å²) < 4.78 is 33.9. The van der Waals surface area contributed by atoms with Gasteiger partial charge in [0.1, 0.15) is 5.78 Å². The quantitative estimate of drug-likeness (QED) is 0.683. The predicted octanol–water partition coefficient (Wildman–Crippen LogP) is 1.09. The molecule has 0 amide bonds. The Balaban J connectivity index is 0. The fraction of sp³-hybridized carbons (Fsp3) is 0.600. The number of carbonyl (C=O) groups is 2. The van der Waals surface area contributed by atoms with Crippen LogP contribution in [-0.4, -0.2) is 17.7 Å². The van der Waals surface area contributed by atoms with Gasteiger partial charge in [-0.15, -0.1) is 0 Å². The van der Waals surface area contributed by atoms with Gasteiger partial charge in [-0.25, -0.2) is 0 Å². The van der Waals surface area contributed by atoms with E-state index in [0.29, 0.717) is 0 Å². The van der Waals surface area contributed by atoms with E-state index < -0.39 is 24.2 Å². The van der Waals surface area contributed by atoms with Crippen LogP contribution in [0.2, 0.25) is 0 Å². The molecule has 0 bridgehead atoms. The molecule has 11 heavy (non-hydrogen) atoms. The van der Waals surface area contributed by atoms with Gasteiger partial charge in [-0.3, -0.25) is 9.59 Å². The van der Waals surface area contributed by atoms with Crippen LogP contribution in [0, 0.1) is 0 Å². The summed E-state index contributed by atoms with van der Waals surface area (Å²) >= 11 is 0. The normalized spacial score (nSPS) is 10.2. The number of carbonyl (C=O) groups excluding carboxylic acids is 2. The van der Waals surface area contributed by atoms with E-state index in [0.717, 1.165) is 6.92 Å². The molecule has 0 atom stereocenters. The number of halogens is 3. The fourth-order valence-electron chi connectivity index (χ4n) is 0.326. The molecule has 0 aromatic heterocycles. The molecular formula is C5H5F3O2Zr+4. The molecule has 0 fully saturated rings. The Morgan fingerprint density at radius 1 is 1.27 bits per heavy atom. The van der Waals surface area contributed by atoms with Crippen molar-refractivity contribution in [2.24, 2.45) is 0 Å². The summed E-state index contributed by atoms with van der Waals surface area (Å²) in [4.78, 5) is 19.9. The van der Waals surface area contributed by atoms with Crippen molar-refractivity contribution in [1.82, 2.24) is 0 Å². The van der Waals surface area contributed by atoms with Gasteiger partial charge in [-0.1, -0.05) is 0 Å². The minimum atomic E-state index is -4.87. The van der Waals surface area contributed by atoms with Gasteiger partial charge in [-0.2, -0.15) is 13.2 Å². The third kappa shape index (κ3) is 6.41. The Labute approximate surface area is 80.3 Å². The van der Waals surface area contributed by atoms with Gasteiger partial charge in [0.15, 0.2) is 0 Å².